The molecule has 1 aromatic heterocycles. The van der Waals surface area contributed by atoms with Gasteiger partial charge in [-0.2, -0.15) is 5.10 Å². The third-order valence-electron chi connectivity index (χ3n) is 3.90. The van der Waals surface area contributed by atoms with Gasteiger partial charge in [0.15, 0.2) is 0 Å². The van der Waals surface area contributed by atoms with E-state index in [0.29, 0.717) is 5.57 Å². The lowest BCUT2D eigenvalue weighted by atomic mass is 10.1. The fourth-order valence-corrected chi connectivity index (χ4v) is 2.61. The lowest BCUT2D eigenvalue weighted by molar-refractivity contribution is -0.113. The summed E-state index contributed by atoms with van der Waals surface area (Å²) >= 11 is 0. The predicted octanol–water partition coefficient (Wildman–Crippen LogP) is 3.49. The fourth-order valence-electron chi connectivity index (χ4n) is 2.61. The first-order chi connectivity index (χ1) is 11.8. The Morgan fingerprint density at radius 3 is 2.71 bits per heavy atom. The van der Waals surface area contributed by atoms with E-state index >= 15 is 0 Å². The molecule has 2 N–H and O–H groups in total. The minimum absolute atomic E-state index is 0.152. The first-order valence-electron chi connectivity index (χ1n) is 7.62. The summed E-state index contributed by atoms with van der Waals surface area (Å²) in [5.41, 5.74) is 4.31. The maximum absolute atomic E-state index is 12.4. The Labute approximate surface area is 139 Å². The van der Waals surface area contributed by atoms with E-state index < -0.39 is 0 Å². The molecule has 5 nitrogen and oxygen atoms in total. The number of nitrogens with zero attached hydrogens (tertiary/aromatic N) is 1. The zero-order chi connectivity index (χ0) is 16.4. The second kappa shape index (κ2) is 6.04. The molecule has 3 aromatic rings. The molecule has 0 spiro atoms. The van der Waals surface area contributed by atoms with E-state index in [9.17, 15) is 4.79 Å². The molecule has 2 heterocycles. The number of hydrogen-bond donors (Lipinski definition) is 2. The molecule has 0 aliphatic carbocycles. The van der Waals surface area contributed by atoms with Crippen LogP contribution < -0.4 is 10.1 Å². The van der Waals surface area contributed by atoms with Gasteiger partial charge in [-0.25, -0.2) is 0 Å². The van der Waals surface area contributed by atoms with Gasteiger partial charge in [-0.1, -0.05) is 30.3 Å². The molecular formula is C19H15N3O2. The maximum atomic E-state index is 12.4. The fraction of sp³-hybridized carbons (Fsp3) is 0.0526. The van der Waals surface area contributed by atoms with E-state index in [0.717, 1.165) is 28.1 Å². The Balaban J connectivity index is 1.50. The van der Waals surface area contributed by atoms with Gasteiger partial charge in [0.2, 0.25) is 0 Å². The third-order valence-corrected chi connectivity index (χ3v) is 3.90. The summed E-state index contributed by atoms with van der Waals surface area (Å²) < 4.78 is 5.62. The molecular weight excluding hydrogens is 302 g/mol. The molecule has 1 aliphatic heterocycles. The number of fused-ring (bicyclic) bond motifs is 1. The van der Waals surface area contributed by atoms with Crippen LogP contribution >= 0.6 is 0 Å². The number of carbonyl (C=O) groups excluding carboxylic acids is 1. The van der Waals surface area contributed by atoms with Gasteiger partial charge < -0.3 is 10.1 Å². The maximum Gasteiger partial charge on any atom is 0.255 e. The SMILES string of the molecule is O=C(Nc1ccc(-c2cn[nH]c2)cc1)C1=Cc2ccccc2OC1. The van der Waals surface area contributed by atoms with E-state index in [1.165, 1.54) is 0 Å². The van der Waals surface area contributed by atoms with Gasteiger partial charge in [-0.05, 0) is 29.8 Å². The van der Waals surface area contributed by atoms with E-state index in [1.807, 2.05) is 60.8 Å². The van der Waals surface area contributed by atoms with E-state index in [1.54, 1.807) is 6.20 Å². The summed E-state index contributed by atoms with van der Waals surface area (Å²) in [6.45, 7) is 0.274. The molecule has 0 bridgehead atoms. The highest BCUT2D eigenvalue weighted by atomic mass is 16.5. The number of carbonyl (C=O) groups is 1. The Bertz CT molecular complexity index is 897. The molecule has 0 fully saturated rings. The Hall–Kier alpha value is -3.34. The van der Waals surface area contributed by atoms with Crippen LogP contribution in [-0.4, -0.2) is 22.7 Å². The lowest BCUT2D eigenvalue weighted by Gasteiger charge is -2.17. The largest absolute Gasteiger partial charge is 0.488 e. The smallest absolute Gasteiger partial charge is 0.255 e. The number of benzene rings is 2. The monoisotopic (exact) mass is 317 g/mol. The Morgan fingerprint density at radius 2 is 1.92 bits per heavy atom. The highest BCUT2D eigenvalue weighted by Crippen LogP contribution is 2.26. The summed E-state index contributed by atoms with van der Waals surface area (Å²) in [4.78, 5) is 12.4. The van der Waals surface area contributed by atoms with Gasteiger partial charge in [0, 0.05) is 23.0 Å². The third kappa shape index (κ3) is 2.79. The predicted molar refractivity (Wildman–Crippen MR) is 92.6 cm³/mol. The zero-order valence-electron chi connectivity index (χ0n) is 12.8. The van der Waals surface area contributed by atoms with Crippen LogP contribution in [0.2, 0.25) is 0 Å². The first-order valence-corrected chi connectivity index (χ1v) is 7.62. The minimum atomic E-state index is -0.152. The molecule has 24 heavy (non-hydrogen) atoms. The van der Waals surface area contributed by atoms with E-state index in [4.69, 9.17) is 4.74 Å². The van der Waals surface area contributed by atoms with Crippen LogP contribution in [0, 0.1) is 0 Å². The number of anilines is 1. The molecule has 0 saturated carbocycles. The highest BCUT2D eigenvalue weighted by molar-refractivity contribution is 6.07. The number of rotatable bonds is 3. The summed E-state index contributed by atoms with van der Waals surface area (Å²) in [6.07, 6.45) is 5.46. The Morgan fingerprint density at radius 1 is 1.08 bits per heavy atom. The van der Waals surface area contributed by atoms with Crippen LogP contribution in [0.3, 0.4) is 0 Å². The van der Waals surface area contributed by atoms with Gasteiger partial charge in [0.05, 0.1) is 11.8 Å². The number of hydrogen-bond acceptors (Lipinski definition) is 3. The average Bonchev–Trinajstić information content (AvgIpc) is 3.16. The normalized spacial score (nSPS) is 12.8. The van der Waals surface area contributed by atoms with Crippen molar-refractivity contribution in [1.82, 2.24) is 10.2 Å². The summed E-state index contributed by atoms with van der Waals surface area (Å²) in [7, 11) is 0. The van der Waals surface area contributed by atoms with Crippen molar-refractivity contribution in [3.63, 3.8) is 0 Å². The molecule has 0 radical (unpaired) electrons. The zero-order valence-corrected chi connectivity index (χ0v) is 12.8. The minimum Gasteiger partial charge on any atom is -0.488 e. The lowest BCUT2D eigenvalue weighted by Crippen LogP contribution is -2.21. The molecule has 118 valence electrons. The van der Waals surface area contributed by atoms with Gasteiger partial charge in [0.25, 0.3) is 5.91 Å². The van der Waals surface area contributed by atoms with Crippen molar-refractivity contribution in [2.45, 2.75) is 0 Å². The number of amides is 1. The van der Waals surface area contributed by atoms with Crippen LogP contribution in [0.4, 0.5) is 5.69 Å². The van der Waals surface area contributed by atoms with Gasteiger partial charge >= 0.3 is 0 Å². The molecule has 1 aliphatic rings. The summed E-state index contributed by atoms with van der Waals surface area (Å²) in [6, 6.07) is 15.3. The van der Waals surface area contributed by atoms with Crippen molar-refractivity contribution in [3.8, 4) is 16.9 Å². The van der Waals surface area contributed by atoms with Crippen LogP contribution in [0.1, 0.15) is 5.56 Å². The van der Waals surface area contributed by atoms with Crippen molar-refractivity contribution in [2.24, 2.45) is 0 Å². The molecule has 1 amide bonds. The number of para-hydroxylation sites is 1. The molecule has 2 aromatic carbocycles. The number of nitrogens with one attached hydrogen (secondary N) is 2. The van der Waals surface area contributed by atoms with E-state index in [2.05, 4.69) is 15.5 Å². The topological polar surface area (TPSA) is 67.0 Å². The van der Waals surface area contributed by atoms with Crippen molar-refractivity contribution in [1.29, 1.82) is 0 Å². The molecule has 0 atom stereocenters. The van der Waals surface area contributed by atoms with E-state index in [-0.39, 0.29) is 12.5 Å². The van der Waals surface area contributed by atoms with Gasteiger partial charge in [-0.15, -0.1) is 0 Å². The quantitative estimate of drug-likeness (QED) is 0.777. The number of ether oxygens (including phenoxy) is 1. The molecule has 5 heteroatoms. The average molecular weight is 317 g/mol. The van der Waals surface area contributed by atoms with Gasteiger partial charge in [0.1, 0.15) is 12.4 Å². The van der Waals surface area contributed by atoms with Crippen molar-refractivity contribution >= 4 is 17.7 Å². The first kappa shape index (κ1) is 14.3. The second-order valence-electron chi connectivity index (χ2n) is 5.51. The number of H-pyrrole nitrogens is 1. The van der Waals surface area contributed by atoms with Crippen LogP contribution in [-0.2, 0) is 4.79 Å². The van der Waals surface area contributed by atoms with Crippen molar-refractivity contribution in [2.75, 3.05) is 11.9 Å². The van der Waals surface area contributed by atoms with Crippen molar-refractivity contribution < 1.29 is 9.53 Å². The number of aromatic amines is 1. The molecule has 0 unspecified atom stereocenters. The summed E-state index contributed by atoms with van der Waals surface area (Å²) in [5, 5.41) is 9.62. The van der Waals surface area contributed by atoms with Gasteiger partial charge in [-0.3, -0.25) is 9.89 Å². The highest BCUT2D eigenvalue weighted by Gasteiger charge is 2.17. The van der Waals surface area contributed by atoms with Crippen LogP contribution in [0.15, 0.2) is 66.5 Å². The molecule has 4 rings (SSSR count). The number of aromatic nitrogens is 2. The van der Waals surface area contributed by atoms with Crippen molar-refractivity contribution in [3.05, 3.63) is 72.1 Å². The Kier molecular flexibility index (Phi) is 3.59. The molecule has 0 saturated heterocycles. The second-order valence-corrected chi connectivity index (χ2v) is 5.51. The summed E-state index contributed by atoms with van der Waals surface area (Å²) in [5.74, 6) is 0.652. The van der Waals surface area contributed by atoms with Crippen LogP contribution in [0.5, 0.6) is 5.75 Å². The van der Waals surface area contributed by atoms with Crippen LogP contribution in [0.25, 0.3) is 17.2 Å². The standard InChI is InChI=1S/C19H15N3O2/c23-19(15-9-14-3-1-2-4-18(14)24-12-15)22-17-7-5-13(6-8-17)16-10-20-21-11-16/h1-11H,12H2,(H,20,21)(H,22,23).